The standard InChI is InChI=1S/C19H21FN2O3/c1-3-19(25-2,14-9-5-4-6-10-14)13-21-17(23)18(24)22-16-12-8-7-11-15(16)20/h4-12H,3,13H2,1-2H3,(H,21,23)(H,22,24). The third-order valence-corrected chi connectivity index (χ3v) is 4.12. The molecule has 0 aromatic heterocycles. The predicted molar refractivity (Wildman–Crippen MR) is 93.5 cm³/mol. The number of ether oxygens (including phenoxy) is 1. The fraction of sp³-hybridized carbons (Fsp3) is 0.263. The van der Waals surface area contributed by atoms with E-state index in [0.717, 1.165) is 5.56 Å². The number of hydrogen-bond acceptors (Lipinski definition) is 3. The van der Waals surface area contributed by atoms with E-state index in [0.29, 0.717) is 6.42 Å². The Hall–Kier alpha value is -2.73. The minimum absolute atomic E-state index is 0.0424. The van der Waals surface area contributed by atoms with Crippen molar-refractivity contribution in [2.24, 2.45) is 0 Å². The van der Waals surface area contributed by atoms with E-state index in [1.165, 1.54) is 18.2 Å². The maximum absolute atomic E-state index is 13.6. The molecule has 0 radical (unpaired) electrons. The molecule has 0 aliphatic carbocycles. The van der Waals surface area contributed by atoms with Gasteiger partial charge in [-0.25, -0.2) is 4.39 Å². The quantitative estimate of drug-likeness (QED) is 0.792. The van der Waals surface area contributed by atoms with Crippen LogP contribution in [0.25, 0.3) is 0 Å². The molecule has 25 heavy (non-hydrogen) atoms. The van der Waals surface area contributed by atoms with Gasteiger partial charge < -0.3 is 15.4 Å². The number of halogens is 1. The second kappa shape index (κ2) is 8.39. The van der Waals surface area contributed by atoms with Gasteiger partial charge in [-0.05, 0) is 24.1 Å². The van der Waals surface area contributed by atoms with Crippen molar-refractivity contribution >= 4 is 17.5 Å². The van der Waals surface area contributed by atoms with Gasteiger partial charge in [0.15, 0.2) is 0 Å². The van der Waals surface area contributed by atoms with E-state index in [4.69, 9.17) is 4.74 Å². The molecule has 0 bridgehead atoms. The largest absolute Gasteiger partial charge is 0.372 e. The number of para-hydroxylation sites is 1. The van der Waals surface area contributed by atoms with Gasteiger partial charge in [0.25, 0.3) is 0 Å². The van der Waals surface area contributed by atoms with Crippen LogP contribution in [-0.2, 0) is 19.9 Å². The van der Waals surface area contributed by atoms with Crippen LogP contribution < -0.4 is 10.6 Å². The number of carbonyl (C=O) groups excluding carboxylic acids is 2. The van der Waals surface area contributed by atoms with Gasteiger partial charge in [-0.1, -0.05) is 49.4 Å². The summed E-state index contributed by atoms with van der Waals surface area (Å²) >= 11 is 0. The van der Waals surface area contributed by atoms with Crippen LogP contribution in [0, 0.1) is 5.82 Å². The van der Waals surface area contributed by atoms with Gasteiger partial charge in [0.1, 0.15) is 11.4 Å². The molecule has 0 saturated heterocycles. The summed E-state index contributed by atoms with van der Waals surface area (Å²) in [5.41, 5.74) is 0.115. The van der Waals surface area contributed by atoms with Crippen LogP contribution in [-0.4, -0.2) is 25.5 Å². The molecule has 2 amide bonds. The van der Waals surface area contributed by atoms with Gasteiger partial charge in [-0.2, -0.15) is 0 Å². The summed E-state index contributed by atoms with van der Waals surface area (Å²) < 4.78 is 19.2. The van der Waals surface area contributed by atoms with E-state index < -0.39 is 23.2 Å². The maximum atomic E-state index is 13.6. The molecule has 1 atom stereocenters. The van der Waals surface area contributed by atoms with Crippen LogP contribution in [0.15, 0.2) is 54.6 Å². The molecule has 0 aliphatic rings. The fourth-order valence-electron chi connectivity index (χ4n) is 2.55. The van der Waals surface area contributed by atoms with Gasteiger partial charge in [0, 0.05) is 7.11 Å². The lowest BCUT2D eigenvalue weighted by molar-refractivity contribution is -0.137. The van der Waals surface area contributed by atoms with Crippen LogP contribution in [0.4, 0.5) is 10.1 Å². The summed E-state index contributed by atoms with van der Waals surface area (Å²) in [7, 11) is 1.56. The zero-order chi connectivity index (χ0) is 18.3. The molecule has 2 aromatic rings. The Morgan fingerprint density at radius 3 is 2.28 bits per heavy atom. The van der Waals surface area contributed by atoms with E-state index in [1.54, 1.807) is 13.2 Å². The van der Waals surface area contributed by atoms with Crippen LogP contribution in [0.3, 0.4) is 0 Å². The van der Waals surface area contributed by atoms with Crippen molar-refractivity contribution in [2.45, 2.75) is 18.9 Å². The zero-order valence-electron chi connectivity index (χ0n) is 14.2. The minimum atomic E-state index is -0.931. The van der Waals surface area contributed by atoms with Gasteiger partial charge >= 0.3 is 11.8 Å². The molecular formula is C19H21FN2O3. The lowest BCUT2D eigenvalue weighted by atomic mass is 9.90. The summed E-state index contributed by atoms with van der Waals surface area (Å²) in [5.74, 6) is -2.39. The highest BCUT2D eigenvalue weighted by molar-refractivity contribution is 6.39. The van der Waals surface area contributed by atoms with Crippen molar-refractivity contribution in [1.82, 2.24) is 5.32 Å². The highest BCUT2D eigenvalue weighted by atomic mass is 19.1. The van der Waals surface area contributed by atoms with E-state index in [1.807, 2.05) is 37.3 Å². The van der Waals surface area contributed by atoms with E-state index in [9.17, 15) is 14.0 Å². The average molecular weight is 344 g/mol. The first-order valence-corrected chi connectivity index (χ1v) is 7.97. The van der Waals surface area contributed by atoms with Crippen LogP contribution in [0.2, 0.25) is 0 Å². The normalized spacial score (nSPS) is 12.9. The molecule has 0 fully saturated rings. The maximum Gasteiger partial charge on any atom is 0.313 e. The summed E-state index contributed by atoms with van der Waals surface area (Å²) in [4.78, 5) is 24.0. The fourth-order valence-corrected chi connectivity index (χ4v) is 2.55. The van der Waals surface area contributed by atoms with Crippen molar-refractivity contribution in [3.05, 3.63) is 66.0 Å². The molecule has 5 nitrogen and oxygen atoms in total. The van der Waals surface area contributed by atoms with E-state index >= 15 is 0 Å². The molecule has 2 aromatic carbocycles. The Bertz CT molecular complexity index is 730. The van der Waals surface area contributed by atoms with Crippen molar-refractivity contribution in [3.8, 4) is 0 Å². The van der Waals surface area contributed by atoms with Crippen molar-refractivity contribution in [1.29, 1.82) is 0 Å². The first-order chi connectivity index (χ1) is 12.0. The summed E-state index contributed by atoms with van der Waals surface area (Å²) in [5, 5.41) is 4.82. The Morgan fingerprint density at radius 2 is 1.68 bits per heavy atom. The number of benzene rings is 2. The van der Waals surface area contributed by atoms with E-state index in [-0.39, 0.29) is 12.2 Å². The highest BCUT2D eigenvalue weighted by Gasteiger charge is 2.31. The van der Waals surface area contributed by atoms with Gasteiger partial charge in [-0.15, -0.1) is 0 Å². The first kappa shape index (κ1) is 18.6. The Morgan fingerprint density at radius 1 is 1.04 bits per heavy atom. The molecule has 0 saturated carbocycles. The molecule has 1 unspecified atom stereocenters. The van der Waals surface area contributed by atoms with E-state index in [2.05, 4.69) is 10.6 Å². The second-order valence-corrected chi connectivity index (χ2v) is 5.53. The minimum Gasteiger partial charge on any atom is -0.372 e. The average Bonchev–Trinajstić information content (AvgIpc) is 2.65. The SMILES string of the molecule is CCC(CNC(=O)C(=O)Nc1ccccc1F)(OC)c1ccccc1. The first-order valence-electron chi connectivity index (χ1n) is 7.97. The molecule has 0 spiro atoms. The van der Waals surface area contributed by atoms with Crippen LogP contribution in [0.5, 0.6) is 0 Å². The van der Waals surface area contributed by atoms with Crippen LogP contribution in [0.1, 0.15) is 18.9 Å². The van der Waals surface area contributed by atoms with Gasteiger partial charge in [0.05, 0.1) is 12.2 Å². The monoisotopic (exact) mass is 344 g/mol. The summed E-state index contributed by atoms with van der Waals surface area (Å²) in [6, 6.07) is 15.1. The van der Waals surface area contributed by atoms with Crippen molar-refractivity contribution < 1.29 is 18.7 Å². The Balaban J connectivity index is 2.04. The highest BCUT2D eigenvalue weighted by Crippen LogP contribution is 2.28. The smallest absolute Gasteiger partial charge is 0.313 e. The summed E-state index contributed by atoms with van der Waals surface area (Å²) in [6.07, 6.45) is 0.600. The molecule has 0 aliphatic heterocycles. The van der Waals surface area contributed by atoms with Crippen LogP contribution >= 0.6 is 0 Å². The van der Waals surface area contributed by atoms with Gasteiger partial charge in [-0.3, -0.25) is 9.59 Å². The van der Waals surface area contributed by atoms with Crippen molar-refractivity contribution in [2.75, 3.05) is 19.0 Å². The molecular weight excluding hydrogens is 323 g/mol. The van der Waals surface area contributed by atoms with Gasteiger partial charge in [0.2, 0.25) is 0 Å². The molecule has 0 heterocycles. The third kappa shape index (κ3) is 4.42. The number of methoxy groups -OCH3 is 1. The number of anilines is 1. The summed E-state index contributed by atoms with van der Waals surface area (Å²) in [6.45, 7) is 2.05. The zero-order valence-corrected chi connectivity index (χ0v) is 14.2. The number of nitrogens with one attached hydrogen (secondary N) is 2. The Kier molecular flexibility index (Phi) is 6.25. The lowest BCUT2D eigenvalue weighted by Gasteiger charge is -2.32. The Labute approximate surface area is 146 Å². The van der Waals surface area contributed by atoms with Crippen molar-refractivity contribution in [3.63, 3.8) is 0 Å². The second-order valence-electron chi connectivity index (χ2n) is 5.53. The number of amides is 2. The lowest BCUT2D eigenvalue weighted by Crippen LogP contribution is -2.45. The molecule has 2 N–H and O–H groups in total. The number of hydrogen-bond donors (Lipinski definition) is 2. The molecule has 6 heteroatoms. The topological polar surface area (TPSA) is 67.4 Å². The predicted octanol–water partition coefficient (Wildman–Crippen LogP) is 2.83. The molecule has 2 rings (SSSR count). The third-order valence-electron chi connectivity index (χ3n) is 4.12. The molecule has 132 valence electrons. The number of carbonyl (C=O) groups is 2. The number of rotatable bonds is 6.